The van der Waals surface area contributed by atoms with E-state index in [4.69, 9.17) is 0 Å². The monoisotopic (exact) mass is 253 g/mol. The van der Waals surface area contributed by atoms with Gasteiger partial charge in [0.05, 0.1) is 11.9 Å². The van der Waals surface area contributed by atoms with Gasteiger partial charge in [0.15, 0.2) is 5.56 Å². The number of benzene rings is 1. The number of hydrogen-bond acceptors (Lipinski definition) is 3. The lowest BCUT2D eigenvalue weighted by molar-refractivity contribution is -0.361. The van der Waals surface area contributed by atoms with E-state index in [0.29, 0.717) is 12.1 Å². The molecule has 0 saturated heterocycles. The maximum absolute atomic E-state index is 9.31. The van der Waals surface area contributed by atoms with Crippen molar-refractivity contribution in [3.05, 3.63) is 53.7 Å². The van der Waals surface area contributed by atoms with E-state index >= 15 is 0 Å². The molecule has 0 amide bonds. The van der Waals surface area contributed by atoms with Crippen molar-refractivity contribution in [2.45, 2.75) is 6.54 Å². The van der Waals surface area contributed by atoms with Crippen LogP contribution in [0.15, 0.2) is 42.6 Å². The van der Waals surface area contributed by atoms with Crippen LogP contribution in [0.1, 0.15) is 11.1 Å². The van der Waals surface area contributed by atoms with Gasteiger partial charge in [-0.1, -0.05) is 30.3 Å². The number of rotatable bonds is 4. The van der Waals surface area contributed by atoms with Gasteiger partial charge < -0.3 is 4.90 Å². The van der Waals surface area contributed by atoms with Crippen LogP contribution >= 0.6 is 0 Å². The van der Waals surface area contributed by atoms with Gasteiger partial charge in [-0.25, -0.2) is 4.98 Å². The molecule has 0 spiro atoms. The molecule has 1 heterocycles. The van der Waals surface area contributed by atoms with Crippen LogP contribution in [-0.2, 0) is 6.54 Å². The van der Waals surface area contributed by atoms with Gasteiger partial charge in [-0.2, -0.15) is 5.26 Å². The van der Waals surface area contributed by atoms with Crippen LogP contribution in [0.3, 0.4) is 0 Å². The third kappa shape index (κ3) is 3.02. The van der Waals surface area contributed by atoms with Crippen LogP contribution in [0.4, 0.5) is 11.5 Å². The zero-order valence-electron chi connectivity index (χ0n) is 11.1. The highest BCUT2D eigenvalue weighted by Crippen LogP contribution is 2.21. The highest BCUT2D eigenvalue weighted by atomic mass is 15.1. The van der Waals surface area contributed by atoms with Crippen LogP contribution in [0.5, 0.6) is 0 Å². The maximum Gasteiger partial charge on any atom is 0.292 e. The van der Waals surface area contributed by atoms with Crippen LogP contribution in [0, 0.1) is 11.3 Å². The van der Waals surface area contributed by atoms with E-state index in [1.807, 2.05) is 49.5 Å². The van der Waals surface area contributed by atoms with Gasteiger partial charge in [-0.15, -0.1) is 0 Å². The number of hydrogen-bond donors (Lipinski definition) is 1. The molecule has 0 atom stereocenters. The molecule has 0 fully saturated rings. The van der Waals surface area contributed by atoms with Crippen molar-refractivity contribution in [1.82, 2.24) is 0 Å². The standard InChI is InChI=1S/C15H16N4/c1-19(2)14-8-9-17-15(13(14)10-16)18-11-12-6-4-3-5-7-12/h3-9H,11H2,1-2H3,(H,17,18)/p+1. The first-order valence-electron chi connectivity index (χ1n) is 6.12. The zero-order valence-corrected chi connectivity index (χ0v) is 11.1. The average Bonchev–Trinajstić information content (AvgIpc) is 2.45. The summed E-state index contributed by atoms with van der Waals surface area (Å²) in [6.07, 6.45) is 1.84. The summed E-state index contributed by atoms with van der Waals surface area (Å²) in [6, 6.07) is 14.2. The van der Waals surface area contributed by atoms with Crippen molar-refractivity contribution in [3.63, 3.8) is 0 Å². The topological polar surface area (TPSA) is 53.2 Å². The van der Waals surface area contributed by atoms with Crippen molar-refractivity contribution in [2.75, 3.05) is 24.3 Å². The molecular formula is C15H17N4+. The lowest BCUT2D eigenvalue weighted by atomic mass is 10.2. The van der Waals surface area contributed by atoms with Crippen LogP contribution in [0.25, 0.3) is 0 Å². The van der Waals surface area contributed by atoms with E-state index in [0.717, 1.165) is 11.5 Å². The summed E-state index contributed by atoms with van der Waals surface area (Å²) in [5.41, 5.74) is 2.70. The van der Waals surface area contributed by atoms with Crippen molar-refractivity contribution in [3.8, 4) is 6.07 Å². The number of H-pyrrole nitrogens is 1. The molecule has 2 rings (SSSR count). The van der Waals surface area contributed by atoms with Gasteiger partial charge in [0.2, 0.25) is 0 Å². The Balaban J connectivity index is 2.21. The number of aromatic amines is 1. The Kier molecular flexibility index (Phi) is 3.99. The van der Waals surface area contributed by atoms with Gasteiger partial charge >= 0.3 is 0 Å². The van der Waals surface area contributed by atoms with E-state index in [1.165, 1.54) is 5.56 Å². The quantitative estimate of drug-likeness (QED) is 0.907. The molecule has 0 bridgehead atoms. The third-order valence-corrected chi connectivity index (χ3v) is 2.88. The summed E-state index contributed by atoms with van der Waals surface area (Å²) in [4.78, 5) is 5.02. The van der Waals surface area contributed by atoms with Crippen LogP contribution in [0.2, 0.25) is 0 Å². The number of nitrogens with one attached hydrogen (secondary N) is 2. The normalized spacial score (nSPS) is 9.74. The fourth-order valence-corrected chi connectivity index (χ4v) is 1.90. The molecule has 96 valence electrons. The lowest BCUT2D eigenvalue weighted by Gasteiger charge is -2.13. The summed E-state index contributed by atoms with van der Waals surface area (Å²) in [6.45, 7) is 0.683. The number of aromatic nitrogens is 1. The molecule has 0 radical (unpaired) electrons. The maximum atomic E-state index is 9.31. The fourth-order valence-electron chi connectivity index (χ4n) is 1.90. The van der Waals surface area contributed by atoms with Gasteiger partial charge in [0.25, 0.3) is 5.82 Å². The van der Waals surface area contributed by atoms with Gasteiger partial charge in [0.1, 0.15) is 12.6 Å². The van der Waals surface area contributed by atoms with E-state index in [2.05, 4.69) is 28.5 Å². The first-order valence-corrected chi connectivity index (χ1v) is 6.12. The van der Waals surface area contributed by atoms with E-state index in [1.54, 1.807) is 0 Å². The Morgan fingerprint density at radius 1 is 1.21 bits per heavy atom. The fraction of sp³-hybridized carbons (Fsp3) is 0.200. The largest absolute Gasteiger partial charge is 0.376 e. The summed E-state index contributed by atoms with van der Waals surface area (Å²) in [5.74, 6) is 0.748. The lowest BCUT2D eigenvalue weighted by Crippen LogP contribution is -2.19. The summed E-state index contributed by atoms with van der Waals surface area (Å²) in [5, 5.41) is 12.6. The smallest absolute Gasteiger partial charge is 0.292 e. The molecule has 4 nitrogen and oxygen atoms in total. The van der Waals surface area contributed by atoms with Crippen molar-refractivity contribution >= 4 is 11.5 Å². The molecular weight excluding hydrogens is 236 g/mol. The SMILES string of the molecule is CN(C)c1cc[nH+]c(NCc2ccccc2)c1C#N. The average molecular weight is 253 g/mol. The Bertz CT molecular complexity index is 585. The van der Waals surface area contributed by atoms with E-state index in [9.17, 15) is 5.26 Å². The second kappa shape index (κ2) is 5.87. The molecule has 1 aromatic carbocycles. The molecule has 0 saturated carbocycles. The summed E-state index contributed by atoms with van der Waals surface area (Å²) < 4.78 is 0. The van der Waals surface area contributed by atoms with Gasteiger partial charge in [0, 0.05) is 20.2 Å². The van der Waals surface area contributed by atoms with Crippen molar-refractivity contribution < 1.29 is 4.98 Å². The van der Waals surface area contributed by atoms with Gasteiger partial charge in [-0.05, 0) is 5.56 Å². The molecule has 0 aliphatic heterocycles. The second-order valence-electron chi connectivity index (χ2n) is 4.46. The molecule has 1 aromatic heterocycles. The molecule has 2 N–H and O–H groups in total. The third-order valence-electron chi connectivity index (χ3n) is 2.88. The Hall–Kier alpha value is -2.54. The van der Waals surface area contributed by atoms with E-state index in [-0.39, 0.29) is 0 Å². The van der Waals surface area contributed by atoms with Crippen LogP contribution in [-0.4, -0.2) is 14.1 Å². The van der Waals surface area contributed by atoms with Crippen LogP contribution < -0.4 is 15.2 Å². The zero-order chi connectivity index (χ0) is 13.7. The highest BCUT2D eigenvalue weighted by Gasteiger charge is 2.15. The Labute approximate surface area is 113 Å². The van der Waals surface area contributed by atoms with Gasteiger partial charge in [-0.3, -0.25) is 5.32 Å². The molecule has 0 aliphatic rings. The Morgan fingerprint density at radius 3 is 2.58 bits per heavy atom. The minimum absolute atomic E-state index is 0.628. The van der Waals surface area contributed by atoms with Crippen molar-refractivity contribution in [2.24, 2.45) is 0 Å². The molecule has 4 heteroatoms. The predicted molar refractivity (Wildman–Crippen MR) is 75.8 cm³/mol. The number of nitrogens with zero attached hydrogens (tertiary/aromatic N) is 2. The first-order chi connectivity index (χ1) is 9.22. The minimum Gasteiger partial charge on any atom is -0.376 e. The van der Waals surface area contributed by atoms with Crippen molar-refractivity contribution in [1.29, 1.82) is 5.26 Å². The molecule has 19 heavy (non-hydrogen) atoms. The molecule has 0 aliphatic carbocycles. The molecule has 0 unspecified atom stereocenters. The second-order valence-corrected chi connectivity index (χ2v) is 4.46. The molecule has 2 aromatic rings. The number of pyridine rings is 1. The number of nitriles is 1. The number of anilines is 2. The predicted octanol–water partition coefficient (Wildman–Crippen LogP) is 2.05. The van der Waals surface area contributed by atoms with E-state index < -0.39 is 0 Å². The highest BCUT2D eigenvalue weighted by molar-refractivity contribution is 5.66. The Morgan fingerprint density at radius 2 is 1.95 bits per heavy atom. The minimum atomic E-state index is 0.628. The summed E-state index contributed by atoms with van der Waals surface area (Å²) >= 11 is 0. The first kappa shape index (κ1) is 12.9. The summed E-state index contributed by atoms with van der Waals surface area (Å²) in [7, 11) is 3.86.